The maximum Gasteiger partial charge on any atom is 0.259 e. The van der Waals surface area contributed by atoms with Crippen molar-refractivity contribution in [3.8, 4) is 11.3 Å². The third-order valence-electron chi connectivity index (χ3n) is 4.95. The highest BCUT2D eigenvalue weighted by Crippen LogP contribution is 2.34. The summed E-state index contributed by atoms with van der Waals surface area (Å²) in [4.78, 5) is 26.9. The number of hydrogen-bond donors (Lipinski definition) is 1. The second kappa shape index (κ2) is 8.89. The fraction of sp³-hybridized carbons (Fsp3) is 0.261. The minimum Gasteiger partial charge on any atom is -0.360 e. The van der Waals surface area contributed by atoms with Crippen LogP contribution >= 0.6 is 11.6 Å². The maximum atomic E-state index is 14.4. The van der Waals surface area contributed by atoms with Gasteiger partial charge in [0.1, 0.15) is 22.8 Å². The molecule has 0 spiro atoms. The molecule has 6 nitrogen and oxygen atoms in total. The molecule has 1 N–H and O–H groups in total. The van der Waals surface area contributed by atoms with Crippen LogP contribution in [0.5, 0.6) is 0 Å². The molecule has 0 radical (unpaired) electrons. The van der Waals surface area contributed by atoms with E-state index in [0.29, 0.717) is 0 Å². The standard InChI is InChI=1S/C23H23ClFN3O3/c1-12-9-13(2)21(14(3)10-12)26-18(29)11-28(5)23(30)19-15(4)31-27-22(19)20-16(24)7-6-8-17(20)25/h6-10H,11H2,1-5H3,(H,26,29). The molecule has 0 fully saturated rings. The van der Waals surface area contributed by atoms with Gasteiger partial charge in [0.15, 0.2) is 0 Å². The lowest BCUT2D eigenvalue weighted by Gasteiger charge is -2.19. The number of carbonyl (C=O) groups excluding carboxylic acids is 2. The molecule has 0 aliphatic carbocycles. The zero-order valence-corrected chi connectivity index (χ0v) is 18.7. The maximum absolute atomic E-state index is 14.4. The van der Waals surface area contributed by atoms with Crippen LogP contribution in [0.25, 0.3) is 11.3 Å². The van der Waals surface area contributed by atoms with Gasteiger partial charge in [-0.3, -0.25) is 9.59 Å². The lowest BCUT2D eigenvalue weighted by molar-refractivity contribution is -0.116. The number of anilines is 1. The van der Waals surface area contributed by atoms with Gasteiger partial charge in [-0.05, 0) is 51.0 Å². The lowest BCUT2D eigenvalue weighted by atomic mass is 10.0. The molecular weight excluding hydrogens is 421 g/mol. The minimum absolute atomic E-state index is 0.00285. The van der Waals surface area contributed by atoms with Gasteiger partial charge in [-0.15, -0.1) is 0 Å². The van der Waals surface area contributed by atoms with Crippen molar-refractivity contribution in [3.63, 3.8) is 0 Å². The van der Waals surface area contributed by atoms with Gasteiger partial charge in [0.05, 0.1) is 17.1 Å². The number of aryl methyl sites for hydroxylation is 4. The quantitative estimate of drug-likeness (QED) is 0.596. The van der Waals surface area contributed by atoms with Crippen molar-refractivity contribution in [2.45, 2.75) is 27.7 Å². The van der Waals surface area contributed by atoms with Gasteiger partial charge in [-0.25, -0.2) is 4.39 Å². The smallest absolute Gasteiger partial charge is 0.259 e. The monoisotopic (exact) mass is 443 g/mol. The average molecular weight is 444 g/mol. The number of amides is 2. The van der Waals surface area contributed by atoms with Crippen molar-refractivity contribution < 1.29 is 18.5 Å². The third kappa shape index (κ3) is 4.61. The largest absolute Gasteiger partial charge is 0.360 e. The summed E-state index contributed by atoms with van der Waals surface area (Å²) in [7, 11) is 1.48. The van der Waals surface area contributed by atoms with E-state index in [1.165, 1.54) is 30.1 Å². The van der Waals surface area contributed by atoms with Crippen LogP contribution in [0.3, 0.4) is 0 Å². The molecular formula is C23H23ClFN3O3. The first-order chi connectivity index (χ1) is 14.6. The Bertz CT molecular complexity index is 1130. The molecule has 0 aliphatic heterocycles. The molecule has 0 unspecified atom stereocenters. The topological polar surface area (TPSA) is 75.4 Å². The van der Waals surface area contributed by atoms with Crippen LogP contribution in [0.1, 0.15) is 32.8 Å². The molecule has 0 aliphatic rings. The van der Waals surface area contributed by atoms with Gasteiger partial charge in [0.25, 0.3) is 5.91 Å². The average Bonchev–Trinajstić information content (AvgIpc) is 3.05. The van der Waals surface area contributed by atoms with Crippen molar-refractivity contribution >= 4 is 29.1 Å². The van der Waals surface area contributed by atoms with Gasteiger partial charge in [-0.1, -0.05) is 40.5 Å². The van der Waals surface area contributed by atoms with Crippen molar-refractivity contribution in [3.05, 3.63) is 69.2 Å². The van der Waals surface area contributed by atoms with Crippen LogP contribution < -0.4 is 5.32 Å². The molecule has 2 aromatic carbocycles. The Morgan fingerprint density at radius 2 is 1.81 bits per heavy atom. The predicted molar refractivity (Wildman–Crippen MR) is 118 cm³/mol. The number of nitrogens with zero attached hydrogens (tertiary/aromatic N) is 2. The zero-order valence-electron chi connectivity index (χ0n) is 18.0. The molecule has 31 heavy (non-hydrogen) atoms. The molecule has 0 bridgehead atoms. The summed E-state index contributed by atoms with van der Waals surface area (Å²) in [5.74, 6) is -1.30. The van der Waals surface area contributed by atoms with E-state index in [4.69, 9.17) is 16.1 Å². The third-order valence-corrected chi connectivity index (χ3v) is 5.26. The van der Waals surface area contributed by atoms with E-state index in [2.05, 4.69) is 10.5 Å². The SMILES string of the molecule is Cc1cc(C)c(NC(=O)CN(C)C(=O)c2c(-c3c(F)cccc3Cl)noc2C)c(C)c1. The van der Waals surface area contributed by atoms with Crippen LogP contribution in [-0.4, -0.2) is 35.5 Å². The lowest BCUT2D eigenvalue weighted by Crippen LogP contribution is -2.35. The van der Waals surface area contributed by atoms with Crippen LogP contribution in [0.2, 0.25) is 5.02 Å². The van der Waals surface area contributed by atoms with E-state index >= 15 is 0 Å². The summed E-state index contributed by atoms with van der Waals surface area (Å²) in [6.45, 7) is 7.15. The fourth-order valence-electron chi connectivity index (χ4n) is 3.55. The van der Waals surface area contributed by atoms with E-state index < -0.39 is 11.7 Å². The first-order valence-electron chi connectivity index (χ1n) is 9.64. The predicted octanol–water partition coefficient (Wildman–Crippen LogP) is 5.08. The van der Waals surface area contributed by atoms with Crippen LogP contribution in [0.4, 0.5) is 10.1 Å². The van der Waals surface area contributed by atoms with E-state index in [0.717, 1.165) is 22.4 Å². The van der Waals surface area contributed by atoms with Gasteiger partial charge in [0, 0.05) is 12.7 Å². The number of benzene rings is 2. The van der Waals surface area contributed by atoms with Gasteiger partial charge >= 0.3 is 0 Å². The molecule has 8 heteroatoms. The molecule has 162 valence electrons. The molecule has 3 aromatic rings. The Morgan fingerprint density at radius 3 is 2.42 bits per heavy atom. The summed E-state index contributed by atoms with van der Waals surface area (Å²) in [5, 5.41) is 6.81. The van der Waals surface area contributed by atoms with E-state index in [-0.39, 0.29) is 40.1 Å². The Labute approximate surface area is 185 Å². The number of halogens is 2. The first-order valence-corrected chi connectivity index (χ1v) is 10.0. The molecule has 1 heterocycles. The Morgan fingerprint density at radius 1 is 1.16 bits per heavy atom. The molecule has 0 saturated heterocycles. The summed E-state index contributed by atoms with van der Waals surface area (Å²) >= 11 is 6.13. The molecule has 3 rings (SSSR count). The second-order valence-corrected chi connectivity index (χ2v) is 7.95. The highest BCUT2D eigenvalue weighted by molar-refractivity contribution is 6.33. The number of hydrogen-bond acceptors (Lipinski definition) is 4. The van der Waals surface area contributed by atoms with Crippen molar-refractivity contribution in [1.29, 1.82) is 0 Å². The van der Waals surface area contributed by atoms with Gasteiger partial charge < -0.3 is 14.7 Å². The van der Waals surface area contributed by atoms with Crippen molar-refractivity contribution in [2.75, 3.05) is 18.9 Å². The van der Waals surface area contributed by atoms with E-state index in [1.54, 1.807) is 6.92 Å². The minimum atomic E-state index is -0.624. The van der Waals surface area contributed by atoms with E-state index in [9.17, 15) is 14.0 Å². The van der Waals surface area contributed by atoms with Crippen LogP contribution in [0, 0.1) is 33.5 Å². The summed E-state index contributed by atoms with van der Waals surface area (Å²) in [6, 6.07) is 8.14. The summed E-state index contributed by atoms with van der Waals surface area (Å²) in [5.41, 5.74) is 3.73. The zero-order chi connectivity index (χ0) is 22.9. The number of rotatable bonds is 5. The summed E-state index contributed by atoms with van der Waals surface area (Å²) in [6.07, 6.45) is 0. The molecule has 2 amide bonds. The van der Waals surface area contributed by atoms with Gasteiger partial charge in [-0.2, -0.15) is 0 Å². The number of carbonyl (C=O) groups is 2. The number of nitrogens with one attached hydrogen (secondary N) is 1. The van der Waals surface area contributed by atoms with Crippen molar-refractivity contribution in [2.24, 2.45) is 0 Å². The number of likely N-dealkylation sites (N-methyl/N-ethyl adjacent to an activating group) is 1. The highest BCUT2D eigenvalue weighted by atomic mass is 35.5. The van der Waals surface area contributed by atoms with E-state index in [1.807, 2.05) is 32.9 Å². The molecule has 0 saturated carbocycles. The Hall–Kier alpha value is -3.19. The molecule has 1 aromatic heterocycles. The van der Waals surface area contributed by atoms with Crippen molar-refractivity contribution in [1.82, 2.24) is 10.1 Å². The Balaban J connectivity index is 1.83. The first kappa shape index (κ1) is 22.5. The summed E-state index contributed by atoms with van der Waals surface area (Å²) < 4.78 is 19.5. The second-order valence-electron chi connectivity index (χ2n) is 7.54. The Kier molecular flexibility index (Phi) is 6.45. The number of aromatic nitrogens is 1. The van der Waals surface area contributed by atoms with Crippen LogP contribution in [-0.2, 0) is 4.79 Å². The highest BCUT2D eigenvalue weighted by Gasteiger charge is 2.28. The molecule has 0 atom stereocenters. The van der Waals surface area contributed by atoms with Crippen LogP contribution in [0.15, 0.2) is 34.9 Å². The normalized spacial score (nSPS) is 10.8. The fourth-order valence-corrected chi connectivity index (χ4v) is 3.81. The van der Waals surface area contributed by atoms with Gasteiger partial charge in [0.2, 0.25) is 5.91 Å².